The Bertz CT molecular complexity index is 1060. The van der Waals surface area contributed by atoms with Crippen LogP contribution >= 0.6 is 11.6 Å². The van der Waals surface area contributed by atoms with Crippen LogP contribution in [-0.4, -0.2) is 29.0 Å². The normalized spacial score (nSPS) is 12.1. The van der Waals surface area contributed by atoms with Gasteiger partial charge in [-0.1, -0.05) is 43.1 Å². The predicted octanol–water partition coefficient (Wildman–Crippen LogP) is 2.71. The molecule has 0 saturated heterocycles. The number of para-hydroxylation sites is 1. The summed E-state index contributed by atoms with van der Waals surface area (Å²) in [6.45, 7) is 5.61. The van der Waals surface area contributed by atoms with Crippen LogP contribution in [0, 0.1) is 6.92 Å². The highest BCUT2D eigenvalue weighted by atomic mass is 35.5. The average molecular weight is 414 g/mol. The van der Waals surface area contributed by atoms with Crippen LogP contribution in [-0.2, 0) is 11.3 Å². The first-order valence-electron chi connectivity index (χ1n) is 9.83. The molecule has 2 aromatic carbocycles. The van der Waals surface area contributed by atoms with Gasteiger partial charge in [0.25, 0.3) is 11.5 Å². The van der Waals surface area contributed by atoms with Crippen molar-refractivity contribution in [3.05, 3.63) is 69.2 Å². The average Bonchev–Trinajstić information content (AvgIpc) is 2.69. The Morgan fingerprint density at radius 1 is 1.24 bits per heavy atom. The summed E-state index contributed by atoms with van der Waals surface area (Å²) in [5, 5.41) is 4.10. The number of benzene rings is 2. The number of aromatic nitrogens is 2. The fraction of sp³-hybridized carbons (Fsp3) is 0.318. The summed E-state index contributed by atoms with van der Waals surface area (Å²) in [5.74, 6) is 0.496. The first-order chi connectivity index (χ1) is 14.0. The van der Waals surface area contributed by atoms with Crippen LogP contribution in [0.25, 0.3) is 10.9 Å². The molecule has 3 N–H and O–H groups in total. The van der Waals surface area contributed by atoms with Crippen LogP contribution in [0.2, 0.25) is 5.02 Å². The number of H-pyrrole nitrogens is 1. The number of amides is 1. The Hall–Kier alpha value is -2.70. The molecule has 29 heavy (non-hydrogen) atoms. The highest BCUT2D eigenvalue weighted by Crippen LogP contribution is 2.19. The zero-order chi connectivity index (χ0) is 20.8. The second kappa shape index (κ2) is 9.67. The van der Waals surface area contributed by atoms with E-state index in [0.29, 0.717) is 28.3 Å². The Morgan fingerprint density at radius 2 is 2.03 bits per heavy atom. The van der Waals surface area contributed by atoms with Crippen molar-refractivity contribution >= 4 is 34.1 Å². The number of halogens is 1. The number of nitrogens with one attached hydrogen (secondary N) is 3. The third-order valence-electron chi connectivity index (χ3n) is 4.85. The van der Waals surface area contributed by atoms with Crippen molar-refractivity contribution in [3.63, 3.8) is 0 Å². The number of fused-ring (bicyclic) bond motifs is 1. The molecule has 1 atom stereocenters. The summed E-state index contributed by atoms with van der Waals surface area (Å²) in [6.07, 6.45) is 2.01. The highest BCUT2D eigenvalue weighted by molar-refractivity contribution is 6.31. The van der Waals surface area contributed by atoms with Gasteiger partial charge in [-0.25, -0.2) is 4.98 Å². The molecule has 0 aliphatic rings. The number of quaternary nitrogens is 1. The summed E-state index contributed by atoms with van der Waals surface area (Å²) in [7, 11) is 0. The molecule has 0 aliphatic heterocycles. The molecule has 3 rings (SSSR count). The number of hydrogen-bond acceptors (Lipinski definition) is 3. The Balaban J connectivity index is 1.75. The van der Waals surface area contributed by atoms with Gasteiger partial charge in [0, 0.05) is 10.7 Å². The minimum Gasteiger partial charge on any atom is -0.321 e. The lowest BCUT2D eigenvalue weighted by Crippen LogP contribution is -3.12. The summed E-state index contributed by atoms with van der Waals surface area (Å²) in [4.78, 5) is 33.5. The number of rotatable bonds is 8. The molecule has 1 unspecified atom stereocenters. The third kappa shape index (κ3) is 5.65. The fourth-order valence-electron chi connectivity index (χ4n) is 3.27. The first kappa shape index (κ1) is 21.0. The van der Waals surface area contributed by atoms with Crippen molar-refractivity contribution in [2.24, 2.45) is 0 Å². The molecule has 3 aromatic rings. The zero-order valence-corrected chi connectivity index (χ0v) is 17.5. The van der Waals surface area contributed by atoms with Crippen molar-refractivity contribution in [2.45, 2.75) is 33.2 Å². The molecule has 0 spiro atoms. The van der Waals surface area contributed by atoms with Gasteiger partial charge in [-0.2, -0.15) is 0 Å². The second-order valence-corrected chi connectivity index (χ2v) is 7.68. The van der Waals surface area contributed by atoms with Crippen LogP contribution in [0.15, 0.2) is 47.3 Å². The predicted molar refractivity (Wildman–Crippen MR) is 116 cm³/mol. The number of carbonyl (C=O) groups is 1. The van der Waals surface area contributed by atoms with Gasteiger partial charge in [0.05, 0.1) is 17.4 Å². The first-order valence-corrected chi connectivity index (χ1v) is 10.2. The van der Waals surface area contributed by atoms with E-state index in [2.05, 4.69) is 22.2 Å². The summed E-state index contributed by atoms with van der Waals surface area (Å²) in [5.41, 5.74) is 2.19. The van der Waals surface area contributed by atoms with Crippen LogP contribution in [0.1, 0.15) is 31.2 Å². The van der Waals surface area contributed by atoms with Crippen LogP contribution < -0.4 is 15.8 Å². The lowest BCUT2D eigenvalue weighted by Gasteiger charge is -2.19. The van der Waals surface area contributed by atoms with Crippen molar-refractivity contribution in [2.75, 3.05) is 18.4 Å². The molecule has 0 radical (unpaired) electrons. The van der Waals surface area contributed by atoms with E-state index in [9.17, 15) is 9.59 Å². The molecule has 6 nitrogen and oxygen atoms in total. The minimum atomic E-state index is -0.153. The summed E-state index contributed by atoms with van der Waals surface area (Å²) >= 11 is 6.05. The second-order valence-electron chi connectivity index (χ2n) is 7.24. The Labute approximate surface area is 174 Å². The Morgan fingerprint density at radius 3 is 2.83 bits per heavy atom. The van der Waals surface area contributed by atoms with E-state index in [1.807, 2.05) is 31.2 Å². The molecular weight excluding hydrogens is 388 g/mol. The molecule has 1 aromatic heterocycles. The van der Waals surface area contributed by atoms with E-state index >= 15 is 0 Å². The number of hydrogen-bond donors (Lipinski definition) is 3. The van der Waals surface area contributed by atoms with Crippen LogP contribution in [0.5, 0.6) is 0 Å². The number of unbranched alkanes of at least 4 members (excludes halogenated alkanes) is 1. The zero-order valence-electron chi connectivity index (χ0n) is 16.7. The van der Waals surface area contributed by atoms with Crippen molar-refractivity contribution in [1.82, 2.24) is 9.97 Å². The minimum absolute atomic E-state index is 0.0930. The van der Waals surface area contributed by atoms with E-state index in [1.165, 1.54) is 0 Å². The van der Waals surface area contributed by atoms with Crippen molar-refractivity contribution in [3.8, 4) is 0 Å². The van der Waals surface area contributed by atoms with Crippen LogP contribution in [0.3, 0.4) is 0 Å². The number of carbonyl (C=O) groups excluding carboxylic acids is 1. The van der Waals surface area contributed by atoms with Gasteiger partial charge in [0.1, 0.15) is 6.54 Å². The lowest BCUT2D eigenvalue weighted by molar-refractivity contribution is -0.906. The SMILES string of the molecule is CCCC[NH+](CC(=O)Nc1cc(Cl)ccc1C)Cc1nc2ccccc2c(=O)[nH]1. The maximum atomic E-state index is 12.7. The molecule has 1 heterocycles. The standard InChI is InChI=1S/C22H25ClN4O2/c1-3-4-11-27(14-21(28)25-19-12-16(23)10-9-15(19)2)13-20-24-18-8-6-5-7-17(18)22(29)26-20/h5-10,12H,3-4,11,13-14H2,1-2H3,(H,25,28)(H,24,26,29)/p+1. The fourth-order valence-corrected chi connectivity index (χ4v) is 3.44. The van der Waals surface area contributed by atoms with E-state index in [0.717, 1.165) is 35.5 Å². The number of aryl methyl sites for hydroxylation is 1. The number of aromatic amines is 1. The van der Waals surface area contributed by atoms with Gasteiger partial charge in [-0.15, -0.1) is 0 Å². The van der Waals surface area contributed by atoms with Gasteiger partial charge in [-0.3, -0.25) is 9.59 Å². The molecule has 0 bridgehead atoms. The maximum Gasteiger partial charge on any atom is 0.279 e. The van der Waals surface area contributed by atoms with Crippen molar-refractivity contribution < 1.29 is 9.69 Å². The summed E-state index contributed by atoms with van der Waals surface area (Å²) < 4.78 is 0. The van der Waals surface area contributed by atoms with Gasteiger partial charge < -0.3 is 15.2 Å². The monoisotopic (exact) mass is 413 g/mol. The number of nitrogens with zero attached hydrogens (tertiary/aromatic N) is 1. The van der Waals surface area contributed by atoms with Gasteiger partial charge in [0.2, 0.25) is 0 Å². The van der Waals surface area contributed by atoms with Crippen molar-refractivity contribution in [1.29, 1.82) is 0 Å². The molecule has 0 saturated carbocycles. The highest BCUT2D eigenvalue weighted by Gasteiger charge is 2.17. The van der Waals surface area contributed by atoms with Gasteiger partial charge in [-0.05, 0) is 43.2 Å². The third-order valence-corrected chi connectivity index (χ3v) is 5.08. The van der Waals surface area contributed by atoms with Crippen LogP contribution in [0.4, 0.5) is 5.69 Å². The summed E-state index contributed by atoms with van der Waals surface area (Å²) in [6, 6.07) is 12.7. The maximum absolute atomic E-state index is 12.7. The number of anilines is 1. The molecular formula is C22H26ClN4O2+. The largest absolute Gasteiger partial charge is 0.321 e. The van der Waals surface area contributed by atoms with Gasteiger partial charge in [0.15, 0.2) is 12.4 Å². The molecule has 7 heteroatoms. The molecule has 0 fully saturated rings. The van der Waals surface area contributed by atoms with E-state index in [-0.39, 0.29) is 18.0 Å². The lowest BCUT2D eigenvalue weighted by atomic mass is 10.2. The van der Waals surface area contributed by atoms with Gasteiger partial charge >= 0.3 is 0 Å². The topological polar surface area (TPSA) is 79.3 Å². The molecule has 1 amide bonds. The van der Waals surface area contributed by atoms with E-state index in [1.54, 1.807) is 18.2 Å². The molecule has 0 aliphatic carbocycles. The smallest absolute Gasteiger partial charge is 0.279 e. The Kier molecular flexibility index (Phi) is 7.01. The quantitative estimate of drug-likeness (QED) is 0.531. The molecule has 152 valence electrons. The van der Waals surface area contributed by atoms with E-state index in [4.69, 9.17) is 11.6 Å². The van der Waals surface area contributed by atoms with E-state index < -0.39 is 0 Å².